The quantitative estimate of drug-likeness (QED) is 0.503. The highest BCUT2D eigenvalue weighted by atomic mass is 16.2. The molecule has 1 saturated heterocycles. The van der Waals surface area contributed by atoms with Crippen molar-refractivity contribution < 1.29 is 4.79 Å². The maximum atomic E-state index is 12.9. The Bertz CT molecular complexity index is 1410. The number of allylic oxidation sites excluding steroid dienone is 3. The van der Waals surface area contributed by atoms with Crippen LogP contribution >= 0.6 is 0 Å². The lowest BCUT2D eigenvalue weighted by atomic mass is 9.91. The highest BCUT2D eigenvalue weighted by Crippen LogP contribution is 2.65. The fraction of sp³-hybridized carbons (Fsp3) is 0.333. The maximum absolute atomic E-state index is 12.9. The Morgan fingerprint density at radius 2 is 1.97 bits per heavy atom. The van der Waals surface area contributed by atoms with Crippen LogP contribution in [0.15, 0.2) is 72.8 Å². The Morgan fingerprint density at radius 3 is 2.78 bits per heavy atom. The molecule has 6 rings (SSSR count). The van der Waals surface area contributed by atoms with E-state index in [0.717, 1.165) is 72.6 Å². The third-order valence-corrected chi connectivity index (χ3v) is 8.19. The summed E-state index contributed by atoms with van der Waals surface area (Å²) in [5.41, 5.74) is 6.86. The smallest absolute Gasteiger partial charge is 0.235 e. The number of piperazine rings is 1. The molecule has 1 amide bonds. The third kappa shape index (κ3) is 3.81. The minimum atomic E-state index is -0.424. The largest absolute Gasteiger partial charge is 0.325 e. The molecule has 2 aromatic carbocycles. The number of H-pyrrole nitrogens is 1. The lowest BCUT2D eigenvalue weighted by molar-refractivity contribution is -0.118. The van der Waals surface area contributed by atoms with E-state index in [4.69, 9.17) is 0 Å². The van der Waals surface area contributed by atoms with Gasteiger partial charge in [0, 0.05) is 49.7 Å². The van der Waals surface area contributed by atoms with Crippen molar-refractivity contribution in [3.63, 3.8) is 0 Å². The first kappa shape index (κ1) is 23.0. The number of aromatic nitrogens is 2. The van der Waals surface area contributed by atoms with E-state index in [0.29, 0.717) is 0 Å². The number of fused-ring (bicyclic) bond motifs is 3. The summed E-state index contributed by atoms with van der Waals surface area (Å²) >= 11 is 0. The first-order valence-corrected chi connectivity index (χ1v) is 12.8. The normalized spacial score (nSPS) is 24.6. The molecule has 36 heavy (non-hydrogen) atoms. The van der Waals surface area contributed by atoms with Gasteiger partial charge in [0.25, 0.3) is 0 Å². The van der Waals surface area contributed by atoms with Crippen molar-refractivity contribution in [2.24, 2.45) is 0 Å². The van der Waals surface area contributed by atoms with Gasteiger partial charge in [0.1, 0.15) is 0 Å². The number of para-hydroxylation sites is 1. The van der Waals surface area contributed by atoms with Gasteiger partial charge in [0.15, 0.2) is 0 Å². The average molecular weight is 480 g/mol. The predicted molar refractivity (Wildman–Crippen MR) is 146 cm³/mol. The summed E-state index contributed by atoms with van der Waals surface area (Å²) in [5.74, 6) is 0.307. The van der Waals surface area contributed by atoms with E-state index < -0.39 is 5.41 Å². The molecule has 6 nitrogen and oxygen atoms in total. The number of nitrogens with zero attached hydrogens (tertiary/aromatic N) is 3. The topological polar surface area (TPSA) is 64.3 Å². The van der Waals surface area contributed by atoms with Gasteiger partial charge in [-0.1, -0.05) is 55.1 Å². The molecule has 0 unspecified atom stereocenters. The third-order valence-electron chi connectivity index (χ3n) is 8.19. The molecule has 1 aliphatic carbocycles. The zero-order chi connectivity index (χ0) is 24.9. The molecule has 3 heterocycles. The van der Waals surface area contributed by atoms with E-state index >= 15 is 0 Å². The minimum Gasteiger partial charge on any atom is -0.325 e. The SMILES string of the molecule is C=C(/C=C\C(=C/C)CN1CCN(C)CC1)c1n[nH]c2cc([C@@H]3C[C@@]34C(=O)Nc3ccccc34)ccc12. The zero-order valence-electron chi connectivity index (χ0n) is 21.1. The number of amides is 1. The molecule has 184 valence electrons. The number of anilines is 1. The van der Waals surface area contributed by atoms with Gasteiger partial charge >= 0.3 is 0 Å². The molecule has 1 spiro atoms. The van der Waals surface area contributed by atoms with Crippen molar-refractivity contribution in [2.75, 3.05) is 45.1 Å². The standard InChI is InChI=1S/C30H33N5O/c1-4-21(19-35-15-13-34(3)14-16-35)10-9-20(2)28-23-12-11-22(17-27(23)32-33-28)25-18-30(25)24-7-5-6-8-26(24)31-29(30)36/h4-12,17,25H,2,13-16,18-19H2,1,3H3,(H,31,36)(H,32,33)/b10-9-,21-4+/t25-,30-/m0/s1. The lowest BCUT2D eigenvalue weighted by Gasteiger charge is -2.32. The fourth-order valence-corrected chi connectivity index (χ4v) is 5.84. The van der Waals surface area contributed by atoms with Crippen LogP contribution in [0.3, 0.4) is 0 Å². The lowest BCUT2D eigenvalue weighted by Crippen LogP contribution is -2.44. The van der Waals surface area contributed by atoms with E-state index in [1.54, 1.807) is 0 Å². The Hall–Kier alpha value is -3.48. The van der Waals surface area contributed by atoms with Crippen LogP contribution in [0.25, 0.3) is 16.5 Å². The van der Waals surface area contributed by atoms with Crippen LogP contribution in [-0.4, -0.2) is 65.7 Å². The van der Waals surface area contributed by atoms with Crippen LogP contribution in [0.1, 0.15) is 36.1 Å². The molecular formula is C30H33N5O. The summed E-state index contributed by atoms with van der Waals surface area (Å²) in [6.07, 6.45) is 7.27. The second-order valence-corrected chi connectivity index (χ2v) is 10.4. The Kier molecular flexibility index (Phi) is 5.66. The highest BCUT2D eigenvalue weighted by molar-refractivity contribution is 6.10. The van der Waals surface area contributed by atoms with E-state index in [2.05, 4.69) is 88.4 Å². The Balaban J connectivity index is 1.18. The zero-order valence-corrected chi connectivity index (χ0v) is 21.1. The molecule has 1 aromatic heterocycles. The first-order chi connectivity index (χ1) is 17.5. The molecule has 1 saturated carbocycles. The van der Waals surface area contributed by atoms with Gasteiger partial charge < -0.3 is 10.2 Å². The number of benzene rings is 2. The molecule has 2 fully saturated rings. The molecule has 0 bridgehead atoms. The van der Waals surface area contributed by atoms with E-state index in [-0.39, 0.29) is 11.8 Å². The summed E-state index contributed by atoms with van der Waals surface area (Å²) in [6, 6.07) is 14.5. The summed E-state index contributed by atoms with van der Waals surface area (Å²) in [5, 5.41) is 11.9. The van der Waals surface area contributed by atoms with Gasteiger partial charge in [-0.15, -0.1) is 0 Å². The van der Waals surface area contributed by atoms with Gasteiger partial charge in [-0.3, -0.25) is 14.8 Å². The van der Waals surface area contributed by atoms with Crippen LogP contribution in [0, 0.1) is 0 Å². The van der Waals surface area contributed by atoms with Gasteiger partial charge in [-0.05, 0) is 54.8 Å². The number of carbonyl (C=O) groups excluding carboxylic acids is 1. The Labute approximate surface area is 212 Å². The second-order valence-electron chi connectivity index (χ2n) is 10.4. The predicted octanol–water partition coefficient (Wildman–Crippen LogP) is 4.70. The molecule has 2 atom stereocenters. The summed E-state index contributed by atoms with van der Waals surface area (Å²) in [7, 11) is 2.18. The molecule has 2 aliphatic heterocycles. The van der Waals surface area contributed by atoms with Gasteiger partial charge in [0.05, 0.1) is 16.6 Å². The van der Waals surface area contributed by atoms with E-state index in [1.807, 2.05) is 18.2 Å². The monoisotopic (exact) mass is 479 g/mol. The van der Waals surface area contributed by atoms with Crippen molar-refractivity contribution >= 4 is 28.1 Å². The van der Waals surface area contributed by atoms with Crippen molar-refractivity contribution in [3.05, 3.63) is 89.7 Å². The summed E-state index contributed by atoms with van der Waals surface area (Å²) in [6.45, 7) is 11.8. The fourth-order valence-electron chi connectivity index (χ4n) is 5.84. The highest BCUT2D eigenvalue weighted by Gasteiger charge is 2.65. The second kappa shape index (κ2) is 8.87. The first-order valence-electron chi connectivity index (χ1n) is 12.8. The average Bonchev–Trinajstić information content (AvgIpc) is 3.41. The number of carbonyl (C=O) groups is 1. The number of hydrogen-bond donors (Lipinski definition) is 2. The number of nitrogens with one attached hydrogen (secondary N) is 2. The molecule has 2 N–H and O–H groups in total. The number of hydrogen-bond acceptors (Lipinski definition) is 4. The Morgan fingerprint density at radius 1 is 1.17 bits per heavy atom. The van der Waals surface area contributed by atoms with Crippen molar-refractivity contribution in [2.45, 2.75) is 24.7 Å². The molecule has 3 aliphatic rings. The van der Waals surface area contributed by atoms with Gasteiger partial charge in [0.2, 0.25) is 5.91 Å². The molecule has 3 aromatic rings. The molecule has 6 heteroatoms. The van der Waals surface area contributed by atoms with E-state index in [1.165, 1.54) is 11.1 Å². The molecule has 0 radical (unpaired) electrons. The van der Waals surface area contributed by atoms with E-state index in [9.17, 15) is 4.79 Å². The van der Waals surface area contributed by atoms with Crippen molar-refractivity contribution in [1.82, 2.24) is 20.0 Å². The maximum Gasteiger partial charge on any atom is 0.235 e. The van der Waals surface area contributed by atoms with Crippen molar-refractivity contribution in [3.8, 4) is 0 Å². The van der Waals surface area contributed by atoms with Crippen LogP contribution in [0.4, 0.5) is 5.69 Å². The summed E-state index contributed by atoms with van der Waals surface area (Å²) in [4.78, 5) is 17.8. The van der Waals surface area contributed by atoms with Crippen LogP contribution in [0.5, 0.6) is 0 Å². The number of rotatable bonds is 6. The van der Waals surface area contributed by atoms with Gasteiger partial charge in [-0.25, -0.2) is 0 Å². The molecular weight excluding hydrogens is 446 g/mol. The number of likely N-dealkylation sites (N-methyl/N-ethyl adjacent to an activating group) is 1. The number of aromatic amines is 1. The minimum absolute atomic E-state index is 0.119. The van der Waals surface area contributed by atoms with Crippen LogP contribution in [-0.2, 0) is 10.2 Å². The van der Waals surface area contributed by atoms with Crippen molar-refractivity contribution in [1.29, 1.82) is 0 Å². The van der Waals surface area contributed by atoms with Crippen LogP contribution < -0.4 is 5.32 Å². The van der Waals surface area contributed by atoms with Gasteiger partial charge in [-0.2, -0.15) is 5.10 Å². The van der Waals surface area contributed by atoms with Crippen LogP contribution in [0.2, 0.25) is 0 Å². The summed E-state index contributed by atoms with van der Waals surface area (Å²) < 4.78 is 0.